The first-order valence-corrected chi connectivity index (χ1v) is 3.77. The Labute approximate surface area is 69.4 Å². The van der Waals surface area contributed by atoms with Crippen LogP contribution in [0.5, 0.6) is 0 Å². The molecule has 1 N–H and O–H groups in total. The molecule has 0 heterocycles. The Morgan fingerprint density at radius 1 is 1.55 bits per heavy atom. The maximum atomic E-state index is 12.5. The van der Waals surface area contributed by atoms with Crippen LogP contribution in [0.1, 0.15) is 11.7 Å². The van der Waals surface area contributed by atoms with E-state index in [1.165, 1.54) is 12.1 Å². The van der Waals surface area contributed by atoms with E-state index in [2.05, 4.69) is 0 Å². The lowest BCUT2D eigenvalue weighted by Crippen LogP contribution is -1.98. The fourth-order valence-electron chi connectivity index (χ4n) is 0.803. The van der Waals surface area contributed by atoms with E-state index >= 15 is 0 Å². The lowest BCUT2D eigenvalue weighted by atomic mass is 10.1. The summed E-state index contributed by atoms with van der Waals surface area (Å²) in [4.78, 5) is 0. The quantitative estimate of drug-likeness (QED) is 0.681. The zero-order valence-electron chi connectivity index (χ0n) is 5.80. The average molecular weight is 175 g/mol. The van der Waals surface area contributed by atoms with E-state index in [0.29, 0.717) is 5.56 Å². The normalized spacial score (nSPS) is 13.0. The predicted octanol–water partition coefficient (Wildman–Crippen LogP) is 2.10. The van der Waals surface area contributed by atoms with Crippen molar-refractivity contribution in [1.29, 1.82) is 0 Å². The average Bonchev–Trinajstić information content (AvgIpc) is 2.03. The molecule has 0 amide bonds. The second-order valence-corrected chi connectivity index (χ2v) is 2.53. The van der Waals surface area contributed by atoms with Gasteiger partial charge in [-0.3, -0.25) is 0 Å². The first kappa shape index (κ1) is 8.50. The number of aliphatic hydroxyl groups excluding tert-OH is 1. The second kappa shape index (κ2) is 3.69. The summed E-state index contributed by atoms with van der Waals surface area (Å²) in [5.41, 5.74) is 0.514. The van der Waals surface area contributed by atoms with Crippen LogP contribution in [-0.2, 0) is 0 Å². The van der Waals surface area contributed by atoms with Gasteiger partial charge in [-0.05, 0) is 17.7 Å². The molecule has 1 aromatic rings. The Hall–Kier alpha value is -0.600. The van der Waals surface area contributed by atoms with E-state index in [0.717, 1.165) is 0 Å². The minimum Gasteiger partial charge on any atom is -0.387 e. The number of hydrogen-bond donors (Lipinski definition) is 1. The van der Waals surface area contributed by atoms with Crippen LogP contribution in [0, 0.1) is 5.82 Å². The van der Waals surface area contributed by atoms with Gasteiger partial charge in [0.15, 0.2) is 0 Å². The molecule has 1 rings (SSSR count). The number of halogens is 2. The molecule has 60 valence electrons. The summed E-state index contributed by atoms with van der Waals surface area (Å²) in [5, 5.41) is 9.16. The molecule has 0 aliphatic heterocycles. The molecule has 0 aliphatic carbocycles. The van der Waals surface area contributed by atoms with Gasteiger partial charge in [-0.1, -0.05) is 12.1 Å². The molecular weight excluding hydrogens is 167 g/mol. The molecule has 1 aromatic carbocycles. The first-order chi connectivity index (χ1) is 5.24. The van der Waals surface area contributed by atoms with Crippen LogP contribution in [0.3, 0.4) is 0 Å². The predicted molar refractivity (Wildman–Crippen MR) is 42.1 cm³/mol. The number of benzene rings is 1. The molecule has 0 saturated heterocycles. The molecule has 0 saturated carbocycles. The van der Waals surface area contributed by atoms with Crippen molar-refractivity contribution in [3.8, 4) is 0 Å². The lowest BCUT2D eigenvalue weighted by molar-refractivity contribution is 0.202. The van der Waals surface area contributed by atoms with Crippen molar-refractivity contribution >= 4 is 11.6 Å². The Bertz CT molecular complexity index is 239. The third kappa shape index (κ3) is 2.17. The van der Waals surface area contributed by atoms with Crippen LogP contribution < -0.4 is 0 Å². The second-order valence-electron chi connectivity index (χ2n) is 2.23. The molecule has 0 unspecified atom stereocenters. The number of alkyl halides is 1. The highest BCUT2D eigenvalue weighted by Crippen LogP contribution is 2.14. The highest BCUT2D eigenvalue weighted by atomic mass is 35.5. The van der Waals surface area contributed by atoms with Gasteiger partial charge in [-0.25, -0.2) is 4.39 Å². The first-order valence-electron chi connectivity index (χ1n) is 3.23. The standard InChI is InChI=1S/C8H8ClFO/c9-5-8(11)6-2-1-3-7(10)4-6/h1-4,8,11H,5H2/t8-/m1/s1. The molecule has 1 atom stereocenters. The van der Waals surface area contributed by atoms with Gasteiger partial charge in [0.25, 0.3) is 0 Å². The summed E-state index contributed by atoms with van der Waals surface area (Å²) in [6.07, 6.45) is -0.771. The van der Waals surface area contributed by atoms with Crippen LogP contribution in [0.25, 0.3) is 0 Å². The van der Waals surface area contributed by atoms with E-state index in [4.69, 9.17) is 16.7 Å². The Balaban J connectivity index is 2.86. The number of aliphatic hydroxyl groups is 1. The third-order valence-electron chi connectivity index (χ3n) is 1.38. The van der Waals surface area contributed by atoms with Gasteiger partial charge in [0, 0.05) is 0 Å². The fraction of sp³-hybridized carbons (Fsp3) is 0.250. The minimum absolute atomic E-state index is 0.0868. The SMILES string of the molecule is O[C@H](CCl)c1cccc(F)c1. The van der Waals surface area contributed by atoms with Crippen LogP contribution in [-0.4, -0.2) is 11.0 Å². The monoisotopic (exact) mass is 174 g/mol. The molecule has 0 spiro atoms. The van der Waals surface area contributed by atoms with Gasteiger partial charge in [0.05, 0.1) is 12.0 Å². The van der Waals surface area contributed by atoms with E-state index in [-0.39, 0.29) is 11.7 Å². The van der Waals surface area contributed by atoms with Gasteiger partial charge in [0.2, 0.25) is 0 Å². The van der Waals surface area contributed by atoms with Crippen molar-refractivity contribution in [2.24, 2.45) is 0 Å². The van der Waals surface area contributed by atoms with E-state index < -0.39 is 6.10 Å². The Morgan fingerprint density at radius 3 is 2.82 bits per heavy atom. The molecule has 1 nitrogen and oxygen atoms in total. The van der Waals surface area contributed by atoms with Gasteiger partial charge in [-0.2, -0.15) is 0 Å². The fourth-order valence-corrected chi connectivity index (χ4v) is 0.981. The third-order valence-corrected chi connectivity index (χ3v) is 1.67. The van der Waals surface area contributed by atoms with Crippen molar-refractivity contribution in [1.82, 2.24) is 0 Å². The van der Waals surface area contributed by atoms with Crippen LogP contribution in [0.15, 0.2) is 24.3 Å². The highest BCUT2D eigenvalue weighted by molar-refractivity contribution is 6.18. The summed E-state index contributed by atoms with van der Waals surface area (Å²) in [7, 11) is 0. The van der Waals surface area contributed by atoms with Gasteiger partial charge in [-0.15, -0.1) is 11.6 Å². The maximum absolute atomic E-state index is 12.5. The van der Waals surface area contributed by atoms with Crippen LogP contribution in [0.4, 0.5) is 4.39 Å². The van der Waals surface area contributed by atoms with Crippen molar-refractivity contribution in [2.45, 2.75) is 6.10 Å². The summed E-state index contributed by atoms with van der Waals surface area (Å²) in [6, 6.07) is 5.77. The molecule has 11 heavy (non-hydrogen) atoms. The maximum Gasteiger partial charge on any atom is 0.123 e. The summed E-state index contributed by atoms with van der Waals surface area (Å²) in [5.74, 6) is -0.268. The van der Waals surface area contributed by atoms with Crippen molar-refractivity contribution < 1.29 is 9.50 Å². The number of rotatable bonds is 2. The highest BCUT2D eigenvalue weighted by Gasteiger charge is 2.05. The molecule has 0 aromatic heterocycles. The van der Waals surface area contributed by atoms with Gasteiger partial charge in [0.1, 0.15) is 5.82 Å². The van der Waals surface area contributed by atoms with Crippen molar-refractivity contribution in [2.75, 3.05) is 5.88 Å². The molecule has 0 fully saturated rings. The topological polar surface area (TPSA) is 20.2 Å². The minimum atomic E-state index is -0.771. The van der Waals surface area contributed by atoms with Crippen molar-refractivity contribution in [3.63, 3.8) is 0 Å². The molecule has 0 aliphatic rings. The van der Waals surface area contributed by atoms with E-state index in [9.17, 15) is 4.39 Å². The van der Waals surface area contributed by atoms with Crippen LogP contribution in [0.2, 0.25) is 0 Å². The summed E-state index contributed by atoms with van der Waals surface area (Å²) < 4.78 is 12.5. The molecular formula is C8H8ClFO. The largest absolute Gasteiger partial charge is 0.387 e. The van der Waals surface area contributed by atoms with Gasteiger partial charge >= 0.3 is 0 Å². The number of hydrogen-bond acceptors (Lipinski definition) is 1. The smallest absolute Gasteiger partial charge is 0.123 e. The van der Waals surface area contributed by atoms with Crippen LogP contribution >= 0.6 is 11.6 Å². The zero-order valence-corrected chi connectivity index (χ0v) is 6.55. The molecule has 3 heteroatoms. The zero-order chi connectivity index (χ0) is 8.27. The van der Waals surface area contributed by atoms with E-state index in [1.807, 2.05) is 0 Å². The van der Waals surface area contributed by atoms with Gasteiger partial charge < -0.3 is 5.11 Å². The summed E-state index contributed by atoms with van der Waals surface area (Å²) >= 11 is 5.37. The van der Waals surface area contributed by atoms with E-state index in [1.54, 1.807) is 12.1 Å². The van der Waals surface area contributed by atoms with Crippen molar-refractivity contribution in [3.05, 3.63) is 35.6 Å². The Morgan fingerprint density at radius 2 is 2.27 bits per heavy atom. The lowest BCUT2D eigenvalue weighted by Gasteiger charge is -2.05. The molecule has 0 bridgehead atoms. The summed E-state index contributed by atoms with van der Waals surface area (Å²) in [6.45, 7) is 0. The Kier molecular flexibility index (Phi) is 2.85. The molecule has 0 radical (unpaired) electrons.